The molecule has 9 heteroatoms. The number of carbonyl (C=O) groups is 1. The molecule has 37 heavy (non-hydrogen) atoms. The summed E-state index contributed by atoms with van der Waals surface area (Å²) in [5, 5.41) is 17.3. The summed E-state index contributed by atoms with van der Waals surface area (Å²) in [6.45, 7) is 4.98. The van der Waals surface area contributed by atoms with Gasteiger partial charge in [0.2, 0.25) is 0 Å². The highest BCUT2D eigenvalue weighted by Crippen LogP contribution is 2.35. The fraction of sp³-hybridized carbons (Fsp3) is 0.286. The maximum Gasteiger partial charge on any atom is 0.316 e. The first kappa shape index (κ1) is 25.7. The molecule has 0 saturated carbocycles. The summed E-state index contributed by atoms with van der Waals surface area (Å²) in [6.07, 6.45) is 7.94. The number of nitrogens with zero attached hydrogens (tertiary/aromatic N) is 4. The Morgan fingerprint density at radius 1 is 1.08 bits per heavy atom. The van der Waals surface area contributed by atoms with Gasteiger partial charge in [0.15, 0.2) is 0 Å². The number of carboxylic acids is 1. The molecule has 0 spiro atoms. The van der Waals surface area contributed by atoms with Crippen LogP contribution in [0.25, 0.3) is 11.1 Å². The highest BCUT2D eigenvalue weighted by molar-refractivity contribution is 5.81. The van der Waals surface area contributed by atoms with E-state index in [1.165, 1.54) is 0 Å². The van der Waals surface area contributed by atoms with Crippen LogP contribution in [0.15, 0.2) is 67.3 Å². The Kier molecular flexibility index (Phi) is 8.35. The van der Waals surface area contributed by atoms with Crippen molar-refractivity contribution in [1.29, 1.82) is 0 Å². The number of anilines is 2. The van der Waals surface area contributed by atoms with Crippen LogP contribution >= 0.6 is 0 Å². The molecule has 0 bridgehead atoms. The lowest BCUT2D eigenvalue weighted by Crippen LogP contribution is -2.06. The van der Waals surface area contributed by atoms with E-state index in [2.05, 4.69) is 20.4 Å². The first-order valence-electron chi connectivity index (χ1n) is 12.2. The predicted molar refractivity (Wildman–Crippen MR) is 142 cm³/mol. The van der Waals surface area contributed by atoms with E-state index in [1.54, 1.807) is 19.5 Å². The molecule has 0 aliphatic heterocycles. The van der Waals surface area contributed by atoms with Crippen molar-refractivity contribution in [2.45, 2.75) is 39.2 Å². The number of aromatic nitrogens is 4. The van der Waals surface area contributed by atoms with Gasteiger partial charge < -0.3 is 19.9 Å². The molecular weight excluding hydrogens is 470 g/mol. The topological polar surface area (TPSA) is 111 Å². The molecule has 9 nitrogen and oxygen atoms in total. The summed E-state index contributed by atoms with van der Waals surface area (Å²) in [6, 6.07) is 14.2. The van der Waals surface area contributed by atoms with E-state index < -0.39 is 5.97 Å². The molecule has 4 rings (SSSR count). The van der Waals surface area contributed by atoms with Crippen molar-refractivity contribution in [2.75, 3.05) is 19.0 Å². The Balaban J connectivity index is 1.64. The quantitative estimate of drug-likeness (QED) is 0.261. The minimum Gasteiger partial charge on any atom is -0.497 e. The molecule has 0 aliphatic rings. The first-order chi connectivity index (χ1) is 18.0. The number of hydrogen-bond acceptors (Lipinski definition) is 7. The molecule has 2 aromatic heterocycles. The lowest BCUT2D eigenvalue weighted by atomic mass is 9.91. The van der Waals surface area contributed by atoms with Gasteiger partial charge in [-0.15, -0.1) is 0 Å². The smallest absolute Gasteiger partial charge is 0.316 e. The zero-order valence-electron chi connectivity index (χ0n) is 21.2. The lowest BCUT2D eigenvalue weighted by molar-refractivity contribution is -0.137. The van der Waals surface area contributed by atoms with Gasteiger partial charge in [0.1, 0.15) is 5.75 Å². The van der Waals surface area contributed by atoms with Crippen LogP contribution in [0.2, 0.25) is 0 Å². The maximum atomic E-state index is 11.4. The van der Waals surface area contributed by atoms with Crippen LogP contribution in [0.3, 0.4) is 0 Å². The van der Waals surface area contributed by atoms with Crippen molar-refractivity contribution in [3.8, 4) is 22.9 Å². The van der Waals surface area contributed by atoms with Crippen molar-refractivity contribution in [2.24, 2.45) is 0 Å². The Labute approximate surface area is 216 Å². The fourth-order valence-corrected chi connectivity index (χ4v) is 4.13. The van der Waals surface area contributed by atoms with E-state index in [9.17, 15) is 9.90 Å². The van der Waals surface area contributed by atoms with Gasteiger partial charge in [-0.05, 0) is 48.6 Å². The highest BCUT2D eigenvalue weighted by Gasteiger charge is 2.17. The predicted octanol–water partition coefficient (Wildman–Crippen LogP) is 5.51. The van der Waals surface area contributed by atoms with Gasteiger partial charge in [-0.2, -0.15) is 5.10 Å². The van der Waals surface area contributed by atoms with Crippen LogP contribution in [0.5, 0.6) is 11.8 Å². The molecule has 0 radical (unpaired) electrons. The van der Waals surface area contributed by atoms with Gasteiger partial charge in [-0.3, -0.25) is 9.48 Å². The van der Waals surface area contributed by atoms with Gasteiger partial charge >= 0.3 is 12.0 Å². The third-order valence-electron chi connectivity index (χ3n) is 6.06. The van der Waals surface area contributed by atoms with Crippen LogP contribution in [-0.4, -0.2) is 44.5 Å². The van der Waals surface area contributed by atoms with E-state index in [0.717, 1.165) is 40.1 Å². The second-order valence-corrected chi connectivity index (χ2v) is 8.60. The molecule has 4 aromatic rings. The minimum absolute atomic E-state index is 0.0707. The zero-order valence-corrected chi connectivity index (χ0v) is 21.2. The van der Waals surface area contributed by atoms with Gasteiger partial charge in [0.25, 0.3) is 0 Å². The van der Waals surface area contributed by atoms with Crippen LogP contribution in [-0.2, 0) is 11.3 Å². The number of aliphatic carboxylic acids is 1. The molecule has 192 valence electrons. The second kappa shape index (κ2) is 12.0. The lowest BCUT2D eigenvalue weighted by Gasteiger charge is -2.17. The van der Waals surface area contributed by atoms with Crippen molar-refractivity contribution in [1.82, 2.24) is 19.7 Å². The zero-order chi connectivity index (χ0) is 26.2. The molecule has 0 aliphatic carbocycles. The molecule has 1 unspecified atom stereocenters. The average Bonchev–Trinajstić information content (AvgIpc) is 3.37. The van der Waals surface area contributed by atoms with Gasteiger partial charge in [-0.25, -0.2) is 9.97 Å². The molecular formula is C28H31N5O4. The Hall–Kier alpha value is -4.40. The Bertz CT molecular complexity index is 1320. The van der Waals surface area contributed by atoms with Crippen LogP contribution < -0.4 is 14.8 Å². The normalized spacial score (nSPS) is 11.6. The number of ether oxygens (including phenoxy) is 2. The SMILES string of the molecule is CCOc1ncc(Nc2cc(C(CC)CC(=O)O)ccc2-c2cnn(Cc3ccc(OC)cc3)c2)cn1. The maximum absolute atomic E-state index is 11.4. The number of benzene rings is 2. The van der Waals surface area contributed by atoms with Crippen LogP contribution in [0.4, 0.5) is 11.4 Å². The van der Waals surface area contributed by atoms with E-state index in [0.29, 0.717) is 24.8 Å². The largest absolute Gasteiger partial charge is 0.497 e. The van der Waals surface area contributed by atoms with Crippen molar-refractivity contribution < 1.29 is 19.4 Å². The van der Waals surface area contributed by atoms with Crippen molar-refractivity contribution in [3.05, 3.63) is 78.4 Å². The van der Waals surface area contributed by atoms with Gasteiger partial charge in [-0.1, -0.05) is 31.2 Å². The molecule has 0 fully saturated rings. The summed E-state index contributed by atoms with van der Waals surface area (Å²) in [4.78, 5) is 19.9. The Morgan fingerprint density at radius 2 is 1.84 bits per heavy atom. The summed E-state index contributed by atoms with van der Waals surface area (Å²) in [5.41, 5.74) is 5.44. The highest BCUT2D eigenvalue weighted by atomic mass is 16.5. The summed E-state index contributed by atoms with van der Waals surface area (Å²) in [7, 11) is 1.65. The summed E-state index contributed by atoms with van der Waals surface area (Å²) in [5.74, 6) is -0.0982. The molecule has 0 saturated heterocycles. The second-order valence-electron chi connectivity index (χ2n) is 8.60. The number of hydrogen-bond donors (Lipinski definition) is 2. The third kappa shape index (κ3) is 6.63. The monoisotopic (exact) mass is 501 g/mol. The number of rotatable bonds is 12. The minimum atomic E-state index is -0.815. The first-order valence-corrected chi connectivity index (χ1v) is 12.2. The fourth-order valence-electron chi connectivity index (χ4n) is 4.13. The standard InChI is InChI=1S/C28H31N5O4/c1-4-20(13-27(34)35)21-8-11-25(26(12-21)32-23-15-29-28(30-16-23)37-5-2)22-14-31-33(18-22)17-19-6-9-24(36-3)10-7-19/h6-12,14-16,18,20,32H,4-5,13,17H2,1-3H3,(H,34,35). The van der Waals surface area contributed by atoms with Gasteiger partial charge in [0, 0.05) is 23.0 Å². The van der Waals surface area contributed by atoms with Crippen molar-refractivity contribution in [3.63, 3.8) is 0 Å². The van der Waals surface area contributed by atoms with E-state index in [1.807, 2.05) is 73.4 Å². The average molecular weight is 502 g/mol. The summed E-state index contributed by atoms with van der Waals surface area (Å²) < 4.78 is 12.5. The molecule has 1 atom stereocenters. The molecule has 2 aromatic carbocycles. The number of nitrogens with one attached hydrogen (secondary N) is 1. The number of carboxylic acid groups (broad SMARTS) is 1. The van der Waals surface area contributed by atoms with E-state index in [4.69, 9.17) is 9.47 Å². The Morgan fingerprint density at radius 3 is 2.49 bits per heavy atom. The molecule has 2 heterocycles. The van der Waals surface area contributed by atoms with Gasteiger partial charge in [0.05, 0.1) is 51.0 Å². The van der Waals surface area contributed by atoms with Crippen molar-refractivity contribution >= 4 is 17.3 Å². The van der Waals surface area contributed by atoms with Crippen LogP contribution in [0, 0.1) is 0 Å². The molecule has 2 N–H and O–H groups in total. The van der Waals surface area contributed by atoms with E-state index >= 15 is 0 Å². The van der Waals surface area contributed by atoms with Crippen LogP contribution in [0.1, 0.15) is 43.7 Å². The number of methoxy groups -OCH3 is 1. The summed E-state index contributed by atoms with van der Waals surface area (Å²) >= 11 is 0. The van der Waals surface area contributed by atoms with E-state index in [-0.39, 0.29) is 12.3 Å². The molecule has 0 amide bonds. The third-order valence-corrected chi connectivity index (χ3v) is 6.06.